The lowest BCUT2D eigenvalue weighted by Gasteiger charge is -2.23. The molecule has 0 aliphatic rings. The van der Waals surface area contributed by atoms with E-state index in [1.165, 1.54) is 16.7 Å². The van der Waals surface area contributed by atoms with Crippen LogP contribution in [-0.2, 0) is 24.1 Å². The fraction of sp³-hybridized carbons (Fsp3) is 0.361. The maximum atomic E-state index is 11.7. The van der Waals surface area contributed by atoms with Crippen molar-refractivity contribution in [2.75, 3.05) is 13.6 Å². The molecule has 0 fully saturated rings. The summed E-state index contributed by atoms with van der Waals surface area (Å²) in [4.78, 5) is 11.7. The number of rotatable bonds is 18. The highest BCUT2D eigenvalue weighted by Crippen LogP contribution is 2.38. The highest BCUT2D eigenvalue weighted by molar-refractivity contribution is 5.85. The number of hydrogen-bond donors (Lipinski definition) is 2. The minimum absolute atomic E-state index is 0. The molecular formula is C36H46ClNO3. The monoisotopic (exact) mass is 575 g/mol. The van der Waals surface area contributed by atoms with E-state index in [4.69, 9.17) is 4.74 Å². The van der Waals surface area contributed by atoms with Gasteiger partial charge >= 0.3 is 5.97 Å². The van der Waals surface area contributed by atoms with Crippen LogP contribution in [-0.4, -0.2) is 24.7 Å². The van der Waals surface area contributed by atoms with Crippen LogP contribution in [0.3, 0.4) is 0 Å². The molecule has 0 heterocycles. The van der Waals surface area contributed by atoms with E-state index in [-0.39, 0.29) is 24.4 Å². The third kappa shape index (κ3) is 10.2. The van der Waals surface area contributed by atoms with Crippen molar-refractivity contribution in [2.45, 2.75) is 64.4 Å². The van der Waals surface area contributed by atoms with Crippen LogP contribution in [0.4, 0.5) is 0 Å². The Morgan fingerprint density at radius 2 is 1.59 bits per heavy atom. The second kappa shape index (κ2) is 18.2. The molecule has 0 saturated carbocycles. The van der Waals surface area contributed by atoms with E-state index in [2.05, 4.69) is 79.1 Å². The van der Waals surface area contributed by atoms with Gasteiger partial charge in [0.2, 0.25) is 0 Å². The van der Waals surface area contributed by atoms with Crippen LogP contribution < -0.4 is 10.1 Å². The van der Waals surface area contributed by atoms with Gasteiger partial charge in [-0.15, -0.1) is 25.6 Å². The quantitative estimate of drug-likeness (QED) is 0.149. The molecule has 0 bridgehead atoms. The number of hydrogen-bond acceptors (Lipinski definition) is 3. The van der Waals surface area contributed by atoms with Crippen molar-refractivity contribution in [3.8, 4) is 16.9 Å². The first-order valence-electron chi connectivity index (χ1n) is 14.6. The molecule has 2 unspecified atom stereocenters. The molecule has 2 atom stereocenters. The molecule has 0 aliphatic heterocycles. The molecule has 5 heteroatoms. The molecule has 3 aromatic carbocycles. The Balaban J connectivity index is 0.00000588. The summed E-state index contributed by atoms with van der Waals surface area (Å²) >= 11 is 0. The Kier molecular flexibility index (Phi) is 15.0. The van der Waals surface area contributed by atoms with Gasteiger partial charge in [-0.05, 0) is 92.1 Å². The number of carboxylic acids is 1. The minimum Gasteiger partial charge on any atom is -0.485 e. The van der Waals surface area contributed by atoms with Crippen molar-refractivity contribution >= 4 is 18.4 Å². The zero-order valence-electron chi connectivity index (χ0n) is 24.6. The summed E-state index contributed by atoms with van der Waals surface area (Å²) in [6, 6.07) is 23.4. The lowest BCUT2D eigenvalue weighted by Crippen LogP contribution is -2.16. The molecule has 0 spiro atoms. The molecule has 4 nitrogen and oxygen atoms in total. The van der Waals surface area contributed by atoms with Gasteiger partial charge in [0.25, 0.3) is 0 Å². The molecule has 41 heavy (non-hydrogen) atoms. The van der Waals surface area contributed by atoms with Crippen LogP contribution in [0, 0.1) is 5.92 Å². The summed E-state index contributed by atoms with van der Waals surface area (Å²) < 4.78 is 6.82. The predicted octanol–water partition coefficient (Wildman–Crippen LogP) is 8.79. The number of benzene rings is 3. The van der Waals surface area contributed by atoms with Crippen molar-refractivity contribution in [3.05, 3.63) is 114 Å². The van der Waals surface area contributed by atoms with Crippen molar-refractivity contribution < 1.29 is 14.6 Å². The number of allylic oxidation sites excluding steroid dienone is 2. The van der Waals surface area contributed by atoms with Gasteiger partial charge in [0.1, 0.15) is 11.9 Å². The van der Waals surface area contributed by atoms with E-state index in [1.54, 1.807) is 0 Å². The summed E-state index contributed by atoms with van der Waals surface area (Å²) in [7, 11) is 1.96. The molecular weight excluding hydrogens is 530 g/mol. The number of aryl methyl sites for hydroxylation is 1. The second-order valence-corrected chi connectivity index (χ2v) is 10.4. The lowest BCUT2D eigenvalue weighted by atomic mass is 9.89. The van der Waals surface area contributed by atoms with Crippen LogP contribution >= 0.6 is 12.4 Å². The molecule has 0 aromatic heterocycles. The van der Waals surface area contributed by atoms with Gasteiger partial charge in [-0.1, -0.05) is 80.1 Å². The highest BCUT2D eigenvalue weighted by Gasteiger charge is 2.20. The van der Waals surface area contributed by atoms with E-state index in [9.17, 15) is 9.90 Å². The molecule has 3 rings (SSSR count). The molecule has 0 aliphatic carbocycles. The standard InChI is InChI=1S/C36H45NO3.ClH/c1-5-12-27-19-21-29(17-11-18-31(14-7-3)36(38)39)32(25-27)33-26-28(13-6-2)20-22-35(33)40-34(23-24-37-4)30-15-9-8-10-16-30;/h5-6,8-10,15-16,19-22,25-26,31,34,37H,1-2,7,11-14,17-18,23-24H2,3-4H3,(H,38,39);1H. The van der Waals surface area contributed by atoms with Gasteiger partial charge in [0, 0.05) is 12.0 Å². The molecule has 220 valence electrons. The first-order chi connectivity index (χ1) is 19.5. The van der Waals surface area contributed by atoms with Gasteiger partial charge < -0.3 is 15.2 Å². The lowest BCUT2D eigenvalue weighted by molar-refractivity contribution is -0.142. The number of aliphatic carboxylic acids is 1. The summed E-state index contributed by atoms with van der Waals surface area (Å²) in [5.41, 5.74) is 6.93. The Morgan fingerprint density at radius 1 is 0.927 bits per heavy atom. The fourth-order valence-corrected chi connectivity index (χ4v) is 5.24. The van der Waals surface area contributed by atoms with E-state index >= 15 is 0 Å². The van der Waals surface area contributed by atoms with Gasteiger partial charge in [-0.2, -0.15) is 0 Å². The highest BCUT2D eigenvalue weighted by atomic mass is 35.5. The number of ether oxygens (including phenoxy) is 1. The number of halogens is 1. The van der Waals surface area contributed by atoms with Crippen LogP contribution in [0.25, 0.3) is 11.1 Å². The van der Waals surface area contributed by atoms with E-state index < -0.39 is 5.97 Å². The molecule has 3 aromatic rings. The predicted molar refractivity (Wildman–Crippen MR) is 174 cm³/mol. The van der Waals surface area contributed by atoms with Crippen LogP contribution in [0.2, 0.25) is 0 Å². The average Bonchev–Trinajstić information content (AvgIpc) is 2.96. The zero-order chi connectivity index (χ0) is 28.7. The molecule has 0 saturated heterocycles. The maximum Gasteiger partial charge on any atom is 0.306 e. The zero-order valence-corrected chi connectivity index (χ0v) is 25.4. The molecule has 0 amide bonds. The van der Waals surface area contributed by atoms with Crippen molar-refractivity contribution in [1.29, 1.82) is 0 Å². The Labute approximate surface area is 253 Å². The van der Waals surface area contributed by atoms with Gasteiger partial charge in [-0.3, -0.25) is 4.79 Å². The largest absolute Gasteiger partial charge is 0.485 e. The number of nitrogens with one attached hydrogen (secondary N) is 1. The molecule has 0 radical (unpaired) electrons. The first-order valence-corrected chi connectivity index (χ1v) is 14.6. The SMILES string of the molecule is C=CCc1ccc(CCCC(CCC)C(=O)O)c(-c2cc(CC=C)ccc2OC(CCNC)c2ccccc2)c1.Cl. The number of carbonyl (C=O) groups is 1. The summed E-state index contributed by atoms with van der Waals surface area (Å²) in [5, 5.41) is 12.9. The van der Waals surface area contributed by atoms with Gasteiger partial charge in [0.15, 0.2) is 0 Å². The van der Waals surface area contributed by atoms with Crippen LogP contribution in [0.5, 0.6) is 5.75 Å². The van der Waals surface area contributed by atoms with Crippen molar-refractivity contribution in [2.24, 2.45) is 5.92 Å². The fourth-order valence-electron chi connectivity index (χ4n) is 5.24. The van der Waals surface area contributed by atoms with Gasteiger partial charge in [0.05, 0.1) is 5.92 Å². The first kappa shape index (κ1) is 33.9. The average molecular weight is 576 g/mol. The Morgan fingerprint density at radius 3 is 2.20 bits per heavy atom. The normalized spacial score (nSPS) is 12.1. The van der Waals surface area contributed by atoms with Gasteiger partial charge in [-0.25, -0.2) is 0 Å². The van der Waals surface area contributed by atoms with E-state index in [0.717, 1.165) is 73.9 Å². The third-order valence-corrected chi connectivity index (χ3v) is 7.35. The Hall–Kier alpha value is -3.34. The summed E-state index contributed by atoms with van der Waals surface area (Å²) in [6.07, 6.45) is 10.1. The van der Waals surface area contributed by atoms with Crippen molar-refractivity contribution in [3.63, 3.8) is 0 Å². The van der Waals surface area contributed by atoms with E-state index in [1.807, 2.05) is 32.2 Å². The Bertz CT molecular complexity index is 1240. The maximum absolute atomic E-state index is 11.7. The smallest absolute Gasteiger partial charge is 0.306 e. The minimum atomic E-state index is -0.690. The van der Waals surface area contributed by atoms with E-state index in [0.29, 0.717) is 6.42 Å². The third-order valence-electron chi connectivity index (χ3n) is 7.35. The topological polar surface area (TPSA) is 58.6 Å². The summed E-state index contributed by atoms with van der Waals surface area (Å²) in [6.45, 7) is 10.8. The second-order valence-electron chi connectivity index (χ2n) is 10.4. The molecule has 2 N–H and O–H groups in total. The number of carboxylic acid groups (broad SMARTS) is 1. The van der Waals surface area contributed by atoms with Crippen LogP contribution in [0.15, 0.2) is 92.0 Å². The summed E-state index contributed by atoms with van der Waals surface area (Å²) in [5.74, 6) is -0.129. The van der Waals surface area contributed by atoms with Crippen LogP contribution in [0.1, 0.15) is 67.4 Å². The van der Waals surface area contributed by atoms with Crippen molar-refractivity contribution in [1.82, 2.24) is 5.32 Å².